The largest absolute Gasteiger partial charge is 0.207 e. The highest BCUT2D eigenvalue weighted by Gasteiger charge is 2.02. The van der Waals surface area contributed by atoms with Gasteiger partial charge in [0.1, 0.15) is 5.82 Å². The predicted molar refractivity (Wildman–Crippen MR) is 69.3 cm³/mol. The van der Waals surface area contributed by atoms with Crippen LogP contribution in [0.4, 0.5) is 4.39 Å². The summed E-state index contributed by atoms with van der Waals surface area (Å²) >= 11 is 2.30. The predicted octanol–water partition coefficient (Wildman–Crippen LogP) is 4.41. The zero-order chi connectivity index (χ0) is 10.8. The van der Waals surface area contributed by atoms with Gasteiger partial charge in [-0.1, -0.05) is 29.8 Å². The van der Waals surface area contributed by atoms with Gasteiger partial charge in [-0.2, -0.15) is 0 Å². The summed E-state index contributed by atoms with van der Waals surface area (Å²) in [6.45, 7) is 2.07. The van der Waals surface area contributed by atoms with E-state index in [9.17, 15) is 4.39 Å². The molecule has 2 aromatic rings. The van der Waals surface area contributed by atoms with Crippen molar-refractivity contribution in [1.82, 2.24) is 0 Å². The number of benzene rings is 2. The molecule has 0 amide bonds. The maximum atomic E-state index is 12.8. The highest BCUT2D eigenvalue weighted by Crippen LogP contribution is 2.26. The summed E-state index contributed by atoms with van der Waals surface area (Å²) in [5.74, 6) is -0.194. The maximum Gasteiger partial charge on any atom is 0.123 e. The molecule has 0 spiro atoms. The van der Waals surface area contributed by atoms with Crippen LogP contribution in [-0.2, 0) is 0 Å². The Labute approximate surface area is 102 Å². The molecule has 0 unspecified atom stereocenters. The Morgan fingerprint density at radius 2 is 1.67 bits per heavy atom. The van der Waals surface area contributed by atoms with E-state index in [4.69, 9.17) is 0 Å². The monoisotopic (exact) mass is 312 g/mol. The molecule has 0 heterocycles. The fourth-order valence-electron chi connectivity index (χ4n) is 1.48. The van der Waals surface area contributed by atoms with Gasteiger partial charge in [-0.25, -0.2) is 4.39 Å². The molecule has 0 radical (unpaired) electrons. The highest BCUT2D eigenvalue weighted by atomic mass is 127. The van der Waals surface area contributed by atoms with Crippen LogP contribution in [0, 0.1) is 16.3 Å². The second-order valence-corrected chi connectivity index (χ2v) is 4.65. The van der Waals surface area contributed by atoms with Crippen molar-refractivity contribution in [3.8, 4) is 11.1 Å². The average Bonchev–Trinajstić information content (AvgIpc) is 2.20. The fraction of sp³-hybridized carbons (Fsp3) is 0.0769. The zero-order valence-electron chi connectivity index (χ0n) is 8.30. The summed E-state index contributed by atoms with van der Waals surface area (Å²) < 4.78 is 14.0. The Kier molecular flexibility index (Phi) is 3.05. The zero-order valence-corrected chi connectivity index (χ0v) is 10.5. The molecule has 0 aromatic heterocycles. The third-order valence-electron chi connectivity index (χ3n) is 2.28. The lowest BCUT2D eigenvalue weighted by atomic mass is 10.0. The Balaban J connectivity index is 2.49. The lowest BCUT2D eigenvalue weighted by Crippen LogP contribution is -1.84. The second kappa shape index (κ2) is 4.31. The van der Waals surface area contributed by atoms with E-state index in [1.165, 1.54) is 21.3 Å². The number of hydrogen-bond donors (Lipinski definition) is 0. The molecule has 2 heteroatoms. The van der Waals surface area contributed by atoms with Crippen molar-refractivity contribution in [3.05, 3.63) is 57.4 Å². The van der Waals surface area contributed by atoms with Crippen molar-refractivity contribution < 1.29 is 4.39 Å². The summed E-state index contributed by atoms with van der Waals surface area (Å²) in [6.07, 6.45) is 0. The van der Waals surface area contributed by atoms with E-state index in [1.807, 2.05) is 12.1 Å². The fourth-order valence-corrected chi connectivity index (χ4v) is 2.47. The Bertz CT molecular complexity index is 474. The molecule has 2 rings (SSSR count). The Morgan fingerprint density at radius 1 is 1.00 bits per heavy atom. The maximum absolute atomic E-state index is 12.8. The molecule has 0 nitrogen and oxygen atoms in total. The number of rotatable bonds is 1. The molecule has 0 bridgehead atoms. The normalized spacial score (nSPS) is 10.3. The number of aryl methyl sites for hydroxylation is 1. The van der Waals surface area contributed by atoms with Gasteiger partial charge in [-0.05, 0) is 58.8 Å². The van der Waals surface area contributed by atoms with Gasteiger partial charge >= 0.3 is 0 Å². The quantitative estimate of drug-likeness (QED) is 0.685. The lowest BCUT2D eigenvalue weighted by Gasteiger charge is -2.05. The molecule has 0 saturated carbocycles. The van der Waals surface area contributed by atoms with E-state index < -0.39 is 0 Å². The molecule has 0 aliphatic rings. The molecule has 0 fully saturated rings. The first-order chi connectivity index (χ1) is 7.16. The van der Waals surface area contributed by atoms with Crippen molar-refractivity contribution in [2.75, 3.05) is 0 Å². The molecular weight excluding hydrogens is 302 g/mol. The van der Waals surface area contributed by atoms with Gasteiger partial charge in [-0.3, -0.25) is 0 Å². The van der Waals surface area contributed by atoms with Crippen molar-refractivity contribution >= 4 is 22.6 Å². The summed E-state index contributed by atoms with van der Waals surface area (Å²) in [6, 6.07) is 12.9. The van der Waals surface area contributed by atoms with Crippen LogP contribution >= 0.6 is 22.6 Å². The van der Waals surface area contributed by atoms with Gasteiger partial charge in [0, 0.05) is 3.57 Å². The van der Waals surface area contributed by atoms with Crippen molar-refractivity contribution in [3.63, 3.8) is 0 Å². The van der Waals surface area contributed by atoms with Gasteiger partial charge in [0.25, 0.3) is 0 Å². The van der Waals surface area contributed by atoms with Crippen LogP contribution in [0.1, 0.15) is 5.56 Å². The van der Waals surface area contributed by atoms with Crippen LogP contribution in [0.5, 0.6) is 0 Å². The third kappa shape index (κ3) is 2.37. The molecular formula is C13H10FI. The Hall–Kier alpha value is -0.900. The molecule has 2 aromatic carbocycles. The summed E-state index contributed by atoms with van der Waals surface area (Å²) in [4.78, 5) is 0. The minimum atomic E-state index is -0.194. The number of halogens is 2. The van der Waals surface area contributed by atoms with Crippen LogP contribution in [0.25, 0.3) is 11.1 Å². The molecule has 0 atom stereocenters. The first-order valence-corrected chi connectivity index (χ1v) is 5.77. The van der Waals surface area contributed by atoms with Crippen LogP contribution in [0.3, 0.4) is 0 Å². The minimum Gasteiger partial charge on any atom is -0.207 e. The molecule has 15 heavy (non-hydrogen) atoms. The van der Waals surface area contributed by atoms with E-state index in [0.717, 1.165) is 11.1 Å². The first-order valence-electron chi connectivity index (χ1n) is 4.69. The average molecular weight is 312 g/mol. The van der Waals surface area contributed by atoms with Crippen LogP contribution in [0.2, 0.25) is 0 Å². The van der Waals surface area contributed by atoms with Gasteiger partial charge in [0.15, 0.2) is 0 Å². The smallest absolute Gasteiger partial charge is 0.123 e. The third-order valence-corrected chi connectivity index (χ3v) is 3.17. The number of hydrogen-bond acceptors (Lipinski definition) is 0. The van der Waals surface area contributed by atoms with Crippen molar-refractivity contribution in [2.24, 2.45) is 0 Å². The summed E-state index contributed by atoms with van der Waals surface area (Å²) in [7, 11) is 0. The van der Waals surface area contributed by atoms with Crippen molar-refractivity contribution in [2.45, 2.75) is 6.92 Å². The van der Waals surface area contributed by atoms with Gasteiger partial charge in [0.2, 0.25) is 0 Å². The SMILES string of the molecule is Cc1ccc(-c2ccc(F)cc2)c(I)c1. The van der Waals surface area contributed by atoms with Gasteiger partial charge in [-0.15, -0.1) is 0 Å². The molecule has 0 aliphatic heterocycles. The summed E-state index contributed by atoms with van der Waals surface area (Å²) in [5, 5.41) is 0. The van der Waals surface area contributed by atoms with Crippen LogP contribution in [0.15, 0.2) is 42.5 Å². The molecule has 76 valence electrons. The molecule has 0 aliphatic carbocycles. The molecule has 0 N–H and O–H groups in total. The topological polar surface area (TPSA) is 0 Å². The second-order valence-electron chi connectivity index (χ2n) is 3.49. The van der Waals surface area contributed by atoms with E-state index in [-0.39, 0.29) is 5.82 Å². The van der Waals surface area contributed by atoms with Gasteiger partial charge in [0.05, 0.1) is 0 Å². The Morgan fingerprint density at radius 3 is 2.27 bits per heavy atom. The first kappa shape index (κ1) is 10.6. The van der Waals surface area contributed by atoms with E-state index in [0.29, 0.717) is 0 Å². The van der Waals surface area contributed by atoms with Gasteiger partial charge < -0.3 is 0 Å². The van der Waals surface area contributed by atoms with Crippen LogP contribution < -0.4 is 0 Å². The lowest BCUT2D eigenvalue weighted by molar-refractivity contribution is 0.628. The molecule has 0 saturated heterocycles. The minimum absolute atomic E-state index is 0.194. The van der Waals surface area contributed by atoms with Crippen molar-refractivity contribution in [1.29, 1.82) is 0 Å². The van der Waals surface area contributed by atoms with E-state index in [1.54, 1.807) is 0 Å². The standard InChI is InChI=1S/C13H10FI/c1-9-2-7-12(13(15)8-9)10-3-5-11(14)6-4-10/h2-8H,1H3. The highest BCUT2D eigenvalue weighted by molar-refractivity contribution is 14.1. The van der Waals surface area contributed by atoms with Crippen LogP contribution in [-0.4, -0.2) is 0 Å². The van der Waals surface area contributed by atoms with E-state index in [2.05, 4.69) is 47.7 Å². The van der Waals surface area contributed by atoms with E-state index >= 15 is 0 Å². The summed E-state index contributed by atoms with van der Waals surface area (Å²) in [5.41, 5.74) is 3.45.